The molecule has 0 aliphatic carbocycles. The van der Waals surface area contributed by atoms with E-state index in [1.54, 1.807) is 6.07 Å². The van der Waals surface area contributed by atoms with E-state index in [1.807, 2.05) is 0 Å². The van der Waals surface area contributed by atoms with Crippen molar-refractivity contribution in [1.82, 2.24) is 0 Å². The zero-order valence-corrected chi connectivity index (χ0v) is 9.59. The molecule has 16 heavy (non-hydrogen) atoms. The van der Waals surface area contributed by atoms with Gasteiger partial charge in [0.2, 0.25) is 5.91 Å². The Labute approximate surface area is 101 Å². The molecule has 82 valence electrons. The van der Waals surface area contributed by atoms with E-state index in [4.69, 9.17) is 12.2 Å². The van der Waals surface area contributed by atoms with Crippen molar-refractivity contribution in [2.45, 2.75) is 0 Å². The van der Waals surface area contributed by atoms with Crippen molar-refractivity contribution in [3.8, 4) is 0 Å². The molecule has 1 aliphatic rings. The summed E-state index contributed by atoms with van der Waals surface area (Å²) in [6.07, 6.45) is 0. The lowest BCUT2D eigenvalue weighted by Gasteiger charge is -2.14. The van der Waals surface area contributed by atoms with Gasteiger partial charge < -0.3 is 0 Å². The van der Waals surface area contributed by atoms with Crippen LogP contribution in [0.3, 0.4) is 0 Å². The number of benzene rings is 1. The Morgan fingerprint density at radius 3 is 2.81 bits per heavy atom. The molecule has 0 atom stereocenters. The summed E-state index contributed by atoms with van der Waals surface area (Å²) in [6.45, 7) is 0. The lowest BCUT2D eigenvalue weighted by molar-refractivity contribution is -0.384. The number of amides is 1. The molecule has 0 aromatic heterocycles. The van der Waals surface area contributed by atoms with Crippen molar-refractivity contribution in [3.63, 3.8) is 0 Å². The van der Waals surface area contributed by atoms with Gasteiger partial charge in [0.1, 0.15) is 4.32 Å². The van der Waals surface area contributed by atoms with Crippen molar-refractivity contribution in [3.05, 3.63) is 34.4 Å². The lowest BCUT2D eigenvalue weighted by Crippen LogP contribution is -2.27. The number of non-ortho nitro benzene ring substituents is 1. The van der Waals surface area contributed by atoms with Gasteiger partial charge in [-0.15, -0.1) is 0 Å². The zero-order valence-electron chi connectivity index (χ0n) is 7.95. The molecule has 1 aromatic carbocycles. The van der Waals surface area contributed by atoms with Crippen LogP contribution in [0, 0.1) is 10.1 Å². The Bertz CT molecular complexity index is 473. The predicted octanol–water partition coefficient (Wildman–Crippen LogP) is 1.96. The Morgan fingerprint density at radius 2 is 2.25 bits per heavy atom. The molecule has 2 rings (SSSR count). The number of nitro benzene ring substituents is 1. The third kappa shape index (κ3) is 1.91. The number of nitro groups is 1. The number of nitrogens with zero attached hydrogens (tertiary/aromatic N) is 2. The van der Waals surface area contributed by atoms with Gasteiger partial charge in [0.25, 0.3) is 5.69 Å². The van der Waals surface area contributed by atoms with E-state index in [1.165, 1.54) is 34.9 Å². The summed E-state index contributed by atoms with van der Waals surface area (Å²) in [4.78, 5) is 22.9. The molecule has 5 nitrogen and oxygen atoms in total. The van der Waals surface area contributed by atoms with Gasteiger partial charge in [-0.25, -0.2) is 0 Å². The summed E-state index contributed by atoms with van der Waals surface area (Å²) in [5.41, 5.74) is 0.402. The third-order valence-corrected chi connectivity index (χ3v) is 3.41. The highest BCUT2D eigenvalue weighted by atomic mass is 32.2. The number of thiocarbonyl (C=S) groups is 1. The van der Waals surface area contributed by atoms with Gasteiger partial charge in [-0.1, -0.05) is 30.0 Å². The van der Waals surface area contributed by atoms with E-state index in [2.05, 4.69) is 0 Å². The van der Waals surface area contributed by atoms with Crippen LogP contribution in [0.25, 0.3) is 0 Å². The highest BCUT2D eigenvalue weighted by molar-refractivity contribution is 8.24. The molecule has 0 N–H and O–H groups in total. The predicted molar refractivity (Wildman–Crippen MR) is 65.6 cm³/mol. The summed E-state index contributed by atoms with van der Waals surface area (Å²) in [5.74, 6) is 0.150. The van der Waals surface area contributed by atoms with Crippen molar-refractivity contribution in [2.24, 2.45) is 0 Å². The third-order valence-electron chi connectivity index (χ3n) is 2.05. The number of thioether (sulfide) groups is 1. The van der Waals surface area contributed by atoms with Gasteiger partial charge in [0.15, 0.2) is 0 Å². The highest BCUT2D eigenvalue weighted by Crippen LogP contribution is 2.28. The van der Waals surface area contributed by atoms with E-state index < -0.39 is 4.92 Å². The molecule has 1 heterocycles. The minimum atomic E-state index is -0.500. The Hall–Kier alpha value is -1.47. The number of carbonyl (C=O) groups excluding carboxylic acids is 1. The van der Waals surface area contributed by atoms with Crippen molar-refractivity contribution < 1.29 is 9.72 Å². The maximum atomic E-state index is 11.5. The fourth-order valence-electron chi connectivity index (χ4n) is 1.35. The molecule has 1 aromatic rings. The second-order valence-electron chi connectivity index (χ2n) is 3.06. The van der Waals surface area contributed by atoms with Crippen LogP contribution in [0.2, 0.25) is 0 Å². The maximum absolute atomic E-state index is 11.5. The molecule has 0 bridgehead atoms. The normalized spacial score (nSPS) is 15.6. The SMILES string of the molecule is O=C1CSC(=S)N1c1cccc([N+](=O)[O-])c1. The molecule has 0 spiro atoms. The van der Waals surface area contributed by atoms with Gasteiger partial charge in [0, 0.05) is 12.1 Å². The molecule has 1 aliphatic heterocycles. The maximum Gasteiger partial charge on any atom is 0.271 e. The van der Waals surface area contributed by atoms with Gasteiger partial charge in [-0.3, -0.25) is 19.8 Å². The Balaban J connectivity index is 2.40. The van der Waals surface area contributed by atoms with Crippen LogP contribution in [0.15, 0.2) is 24.3 Å². The van der Waals surface area contributed by atoms with Crippen LogP contribution < -0.4 is 4.90 Å². The number of rotatable bonds is 2. The minimum Gasteiger partial charge on any atom is -0.273 e. The van der Waals surface area contributed by atoms with Crippen molar-refractivity contribution in [1.29, 1.82) is 0 Å². The van der Waals surface area contributed by atoms with E-state index in [0.717, 1.165) is 0 Å². The average molecular weight is 254 g/mol. The Morgan fingerprint density at radius 1 is 1.50 bits per heavy atom. The second-order valence-corrected chi connectivity index (χ2v) is 4.67. The number of hydrogen-bond acceptors (Lipinski definition) is 5. The number of hydrogen-bond donors (Lipinski definition) is 0. The summed E-state index contributed by atoms with van der Waals surface area (Å²) in [7, 11) is 0. The molecular weight excluding hydrogens is 248 g/mol. The zero-order chi connectivity index (χ0) is 11.7. The molecule has 0 radical (unpaired) electrons. The summed E-state index contributed by atoms with van der Waals surface area (Å²) in [6, 6.07) is 5.88. The minimum absolute atomic E-state index is 0.0509. The molecule has 7 heteroatoms. The summed E-state index contributed by atoms with van der Waals surface area (Å²) < 4.78 is 0.436. The smallest absolute Gasteiger partial charge is 0.271 e. The van der Waals surface area contributed by atoms with Crippen LogP contribution in [0.4, 0.5) is 11.4 Å². The standard InChI is InChI=1S/C9H6N2O3S2/c12-8-5-16-9(15)10(8)6-2-1-3-7(4-6)11(13)14/h1-4H,5H2. The summed E-state index contributed by atoms with van der Waals surface area (Å²) in [5, 5.41) is 10.6. The van der Waals surface area contributed by atoms with Crippen LogP contribution in [-0.4, -0.2) is 20.9 Å². The topological polar surface area (TPSA) is 63.5 Å². The quantitative estimate of drug-likeness (QED) is 0.458. The molecular formula is C9H6N2O3S2. The fraction of sp³-hybridized carbons (Fsp3) is 0.111. The van der Waals surface area contributed by atoms with E-state index in [0.29, 0.717) is 15.8 Å². The second kappa shape index (κ2) is 4.18. The van der Waals surface area contributed by atoms with Crippen LogP contribution >= 0.6 is 24.0 Å². The lowest BCUT2D eigenvalue weighted by atomic mass is 10.2. The molecule has 1 amide bonds. The first-order chi connectivity index (χ1) is 7.59. The fourth-order valence-corrected chi connectivity index (χ4v) is 2.45. The monoisotopic (exact) mass is 254 g/mol. The highest BCUT2D eigenvalue weighted by Gasteiger charge is 2.28. The van der Waals surface area contributed by atoms with Gasteiger partial charge >= 0.3 is 0 Å². The van der Waals surface area contributed by atoms with Gasteiger partial charge in [0.05, 0.1) is 16.4 Å². The Kier molecular flexibility index (Phi) is 2.88. The van der Waals surface area contributed by atoms with Crippen molar-refractivity contribution >= 4 is 45.6 Å². The average Bonchev–Trinajstić information content (AvgIpc) is 2.59. The van der Waals surface area contributed by atoms with Gasteiger partial charge in [-0.05, 0) is 6.07 Å². The first-order valence-corrected chi connectivity index (χ1v) is 5.73. The van der Waals surface area contributed by atoms with E-state index in [9.17, 15) is 14.9 Å². The number of anilines is 1. The van der Waals surface area contributed by atoms with Crippen molar-refractivity contribution in [2.75, 3.05) is 10.7 Å². The molecule has 1 saturated heterocycles. The number of carbonyl (C=O) groups is 1. The summed E-state index contributed by atoms with van der Waals surface area (Å²) >= 11 is 6.27. The van der Waals surface area contributed by atoms with Crippen LogP contribution in [0.1, 0.15) is 0 Å². The first-order valence-electron chi connectivity index (χ1n) is 4.34. The van der Waals surface area contributed by atoms with Gasteiger partial charge in [-0.2, -0.15) is 0 Å². The van der Waals surface area contributed by atoms with Crippen LogP contribution in [-0.2, 0) is 4.79 Å². The van der Waals surface area contributed by atoms with E-state index >= 15 is 0 Å². The van der Waals surface area contributed by atoms with Crippen LogP contribution in [0.5, 0.6) is 0 Å². The molecule has 1 fully saturated rings. The molecule has 0 unspecified atom stereocenters. The largest absolute Gasteiger partial charge is 0.273 e. The first kappa shape index (κ1) is 11.0. The van der Waals surface area contributed by atoms with E-state index in [-0.39, 0.29) is 11.6 Å². The molecule has 0 saturated carbocycles.